The van der Waals surface area contributed by atoms with Gasteiger partial charge in [-0.2, -0.15) is 0 Å². The molecule has 1 atom stereocenters. The summed E-state index contributed by atoms with van der Waals surface area (Å²) in [6, 6.07) is 0. The van der Waals surface area contributed by atoms with E-state index in [-0.39, 0.29) is 11.7 Å². The van der Waals surface area contributed by atoms with Crippen molar-refractivity contribution >= 4 is 0 Å². The first-order valence-electron chi connectivity index (χ1n) is 3.65. The van der Waals surface area contributed by atoms with Gasteiger partial charge in [-0.05, 0) is 12.8 Å². The summed E-state index contributed by atoms with van der Waals surface area (Å²) in [4.78, 5) is 11.0. The lowest BCUT2D eigenvalue weighted by Crippen LogP contribution is -2.03. The third-order valence-electron chi connectivity index (χ3n) is 2.17. The van der Waals surface area contributed by atoms with Gasteiger partial charge < -0.3 is 4.74 Å². The molecule has 0 bridgehead atoms. The standard InChI is InChI=1S/C7H10N2O2/c1-11-5-3-2-4-6(5)8-9-7(4)10/h5H,2-3H2,1H3,(H2,8,9,10). The molecule has 4 nitrogen and oxygen atoms in total. The van der Waals surface area contributed by atoms with Gasteiger partial charge in [0.05, 0.1) is 11.8 Å². The maximum atomic E-state index is 11.0. The summed E-state index contributed by atoms with van der Waals surface area (Å²) in [5, 5.41) is 5.37. The van der Waals surface area contributed by atoms with E-state index in [0.29, 0.717) is 0 Å². The van der Waals surface area contributed by atoms with Crippen LogP contribution in [0.15, 0.2) is 4.79 Å². The highest BCUT2D eigenvalue weighted by Crippen LogP contribution is 2.28. The highest BCUT2D eigenvalue weighted by molar-refractivity contribution is 5.24. The van der Waals surface area contributed by atoms with Gasteiger partial charge in [-0.1, -0.05) is 0 Å². The summed E-state index contributed by atoms with van der Waals surface area (Å²) in [6.45, 7) is 0. The van der Waals surface area contributed by atoms with Crippen LogP contribution in [0.3, 0.4) is 0 Å². The second-order valence-electron chi connectivity index (χ2n) is 2.73. The molecule has 1 aliphatic carbocycles. The number of hydrogen-bond donors (Lipinski definition) is 2. The highest BCUT2D eigenvalue weighted by Gasteiger charge is 2.25. The normalized spacial score (nSPS) is 22.1. The summed E-state index contributed by atoms with van der Waals surface area (Å²) >= 11 is 0. The number of hydrogen-bond acceptors (Lipinski definition) is 2. The number of H-pyrrole nitrogens is 2. The van der Waals surface area contributed by atoms with E-state index in [1.54, 1.807) is 7.11 Å². The van der Waals surface area contributed by atoms with E-state index < -0.39 is 0 Å². The van der Waals surface area contributed by atoms with Gasteiger partial charge in [-0.25, -0.2) is 0 Å². The highest BCUT2D eigenvalue weighted by atomic mass is 16.5. The smallest absolute Gasteiger partial charge is 0.267 e. The molecule has 1 aromatic heterocycles. The van der Waals surface area contributed by atoms with Crippen LogP contribution >= 0.6 is 0 Å². The van der Waals surface area contributed by atoms with Crippen molar-refractivity contribution in [2.75, 3.05) is 7.11 Å². The Balaban J connectivity index is 2.48. The zero-order valence-electron chi connectivity index (χ0n) is 6.31. The van der Waals surface area contributed by atoms with Crippen LogP contribution in [0.1, 0.15) is 23.8 Å². The Bertz CT molecular complexity index is 312. The molecule has 11 heavy (non-hydrogen) atoms. The van der Waals surface area contributed by atoms with Gasteiger partial charge in [0, 0.05) is 12.7 Å². The number of rotatable bonds is 1. The minimum atomic E-state index is -0.000417. The van der Waals surface area contributed by atoms with Crippen LogP contribution in [0.25, 0.3) is 0 Å². The molecule has 1 unspecified atom stereocenters. The fraction of sp³-hybridized carbons (Fsp3) is 0.571. The van der Waals surface area contributed by atoms with Gasteiger partial charge >= 0.3 is 0 Å². The van der Waals surface area contributed by atoms with Gasteiger partial charge in [-0.15, -0.1) is 0 Å². The molecule has 1 aromatic rings. The van der Waals surface area contributed by atoms with Gasteiger partial charge in [0.25, 0.3) is 5.56 Å². The Morgan fingerprint density at radius 3 is 3.09 bits per heavy atom. The molecule has 0 amide bonds. The lowest BCUT2D eigenvalue weighted by Gasteiger charge is -2.04. The number of methoxy groups -OCH3 is 1. The molecule has 60 valence electrons. The molecule has 0 aliphatic heterocycles. The zero-order chi connectivity index (χ0) is 7.84. The predicted molar refractivity (Wildman–Crippen MR) is 39.5 cm³/mol. The number of ether oxygens (including phenoxy) is 1. The van der Waals surface area contributed by atoms with Crippen molar-refractivity contribution in [2.24, 2.45) is 0 Å². The first-order valence-corrected chi connectivity index (χ1v) is 3.65. The molecule has 1 heterocycles. The van der Waals surface area contributed by atoms with Crippen molar-refractivity contribution in [3.63, 3.8) is 0 Å². The first-order chi connectivity index (χ1) is 5.33. The van der Waals surface area contributed by atoms with E-state index in [9.17, 15) is 4.79 Å². The predicted octanol–water partition coefficient (Wildman–Crippen LogP) is 0.337. The Labute approximate surface area is 63.6 Å². The van der Waals surface area contributed by atoms with Crippen LogP contribution in [0, 0.1) is 0 Å². The quantitative estimate of drug-likeness (QED) is 0.612. The lowest BCUT2D eigenvalue weighted by molar-refractivity contribution is 0.101. The minimum absolute atomic E-state index is 0.000417. The Morgan fingerprint density at radius 2 is 2.36 bits per heavy atom. The summed E-state index contributed by atoms with van der Waals surface area (Å²) in [7, 11) is 1.66. The van der Waals surface area contributed by atoms with Crippen LogP contribution in [0.4, 0.5) is 0 Å². The minimum Gasteiger partial charge on any atom is -0.375 e. The summed E-state index contributed by atoms with van der Waals surface area (Å²) in [6.07, 6.45) is 1.83. The third kappa shape index (κ3) is 0.826. The fourth-order valence-corrected chi connectivity index (χ4v) is 1.58. The van der Waals surface area contributed by atoms with Crippen LogP contribution in [-0.4, -0.2) is 17.3 Å². The average molecular weight is 154 g/mol. The third-order valence-corrected chi connectivity index (χ3v) is 2.17. The van der Waals surface area contributed by atoms with E-state index in [2.05, 4.69) is 10.2 Å². The molecular formula is C7H10N2O2. The molecule has 4 heteroatoms. The van der Waals surface area contributed by atoms with E-state index in [0.717, 1.165) is 24.1 Å². The van der Waals surface area contributed by atoms with E-state index in [4.69, 9.17) is 4.74 Å². The molecule has 0 saturated carbocycles. The Kier molecular flexibility index (Phi) is 1.35. The molecule has 0 aromatic carbocycles. The molecule has 2 rings (SSSR count). The second-order valence-corrected chi connectivity index (χ2v) is 2.73. The summed E-state index contributed by atoms with van der Waals surface area (Å²) in [5.41, 5.74) is 1.79. The maximum absolute atomic E-state index is 11.0. The molecular weight excluding hydrogens is 144 g/mol. The van der Waals surface area contributed by atoms with E-state index in [1.165, 1.54) is 0 Å². The van der Waals surface area contributed by atoms with Gasteiger partial charge in [0.15, 0.2) is 0 Å². The van der Waals surface area contributed by atoms with Crippen LogP contribution in [0.2, 0.25) is 0 Å². The van der Waals surface area contributed by atoms with Crippen molar-refractivity contribution in [1.29, 1.82) is 0 Å². The van der Waals surface area contributed by atoms with Gasteiger partial charge in [0.1, 0.15) is 0 Å². The zero-order valence-corrected chi connectivity index (χ0v) is 6.31. The van der Waals surface area contributed by atoms with Gasteiger partial charge in [-0.3, -0.25) is 15.0 Å². The topological polar surface area (TPSA) is 57.9 Å². The number of nitrogens with one attached hydrogen (secondary N) is 2. The molecule has 0 spiro atoms. The average Bonchev–Trinajstić information content (AvgIpc) is 2.53. The van der Waals surface area contributed by atoms with Gasteiger partial charge in [0.2, 0.25) is 0 Å². The molecule has 2 N–H and O–H groups in total. The Hall–Kier alpha value is -1.03. The van der Waals surface area contributed by atoms with Crippen LogP contribution in [0.5, 0.6) is 0 Å². The van der Waals surface area contributed by atoms with Crippen LogP contribution in [-0.2, 0) is 11.2 Å². The van der Waals surface area contributed by atoms with Crippen molar-refractivity contribution in [1.82, 2.24) is 10.2 Å². The monoisotopic (exact) mass is 154 g/mol. The summed E-state index contributed by atoms with van der Waals surface area (Å²) < 4.78 is 5.16. The van der Waals surface area contributed by atoms with Crippen molar-refractivity contribution < 1.29 is 4.74 Å². The molecule has 0 fully saturated rings. The fourth-order valence-electron chi connectivity index (χ4n) is 1.58. The Morgan fingerprint density at radius 1 is 1.55 bits per heavy atom. The van der Waals surface area contributed by atoms with Crippen molar-refractivity contribution in [3.05, 3.63) is 21.6 Å². The largest absolute Gasteiger partial charge is 0.375 e. The van der Waals surface area contributed by atoms with E-state index >= 15 is 0 Å². The number of aromatic amines is 2. The number of aromatic nitrogens is 2. The van der Waals surface area contributed by atoms with Crippen molar-refractivity contribution in [2.45, 2.75) is 18.9 Å². The summed E-state index contributed by atoms with van der Waals surface area (Å²) in [5.74, 6) is 0. The van der Waals surface area contributed by atoms with Crippen molar-refractivity contribution in [3.8, 4) is 0 Å². The molecule has 0 saturated heterocycles. The SMILES string of the molecule is COC1CCc2c1[nH][nH]c2=O. The second kappa shape index (κ2) is 2.23. The first kappa shape index (κ1) is 6.67. The van der Waals surface area contributed by atoms with E-state index in [1.807, 2.05) is 0 Å². The number of fused-ring (bicyclic) bond motifs is 1. The van der Waals surface area contributed by atoms with Crippen LogP contribution < -0.4 is 5.56 Å². The molecule has 1 aliphatic rings. The molecule has 0 radical (unpaired) electrons. The lowest BCUT2D eigenvalue weighted by atomic mass is 10.3. The maximum Gasteiger partial charge on any atom is 0.267 e.